The minimum atomic E-state index is -0.477. The summed E-state index contributed by atoms with van der Waals surface area (Å²) >= 11 is 0. The highest BCUT2D eigenvalue weighted by Gasteiger charge is 2.27. The molecule has 1 aliphatic rings. The van der Waals surface area contributed by atoms with Crippen LogP contribution in [-0.2, 0) is 0 Å². The first kappa shape index (κ1) is 8.85. The van der Waals surface area contributed by atoms with Crippen molar-refractivity contribution in [1.82, 2.24) is 15.0 Å². The molecule has 0 aliphatic heterocycles. The number of aromatic amines is 1. The molecule has 1 saturated carbocycles. The van der Waals surface area contributed by atoms with Crippen LogP contribution in [0.4, 0.5) is 0 Å². The number of aliphatic hydroxyl groups is 1. The summed E-state index contributed by atoms with van der Waals surface area (Å²) in [5.74, 6) is 1.65. The molecular weight excluding hydrogens is 190 g/mol. The Morgan fingerprint density at radius 1 is 1.53 bits per heavy atom. The number of fused-ring (bicyclic) bond motifs is 1. The first-order valence-electron chi connectivity index (χ1n) is 5.27. The first-order valence-corrected chi connectivity index (χ1v) is 5.27. The van der Waals surface area contributed by atoms with Gasteiger partial charge in [0.1, 0.15) is 5.82 Å². The Bertz CT molecular complexity index is 500. The van der Waals surface area contributed by atoms with Gasteiger partial charge in [0.25, 0.3) is 0 Å². The Morgan fingerprint density at radius 3 is 3.00 bits per heavy atom. The van der Waals surface area contributed by atoms with E-state index in [4.69, 9.17) is 0 Å². The van der Waals surface area contributed by atoms with Crippen molar-refractivity contribution in [2.75, 3.05) is 0 Å². The molecule has 3 rings (SSSR count). The predicted octanol–water partition coefficient (Wildman–Crippen LogP) is 1.89. The maximum atomic E-state index is 9.44. The van der Waals surface area contributed by atoms with E-state index in [1.165, 1.54) is 12.8 Å². The van der Waals surface area contributed by atoms with Crippen molar-refractivity contribution in [1.29, 1.82) is 0 Å². The average molecular weight is 203 g/mol. The molecule has 4 nitrogen and oxygen atoms in total. The van der Waals surface area contributed by atoms with Crippen molar-refractivity contribution in [3.05, 3.63) is 23.7 Å². The van der Waals surface area contributed by atoms with Crippen LogP contribution in [0.25, 0.3) is 11.2 Å². The Labute approximate surface area is 87.4 Å². The Balaban J connectivity index is 2.09. The summed E-state index contributed by atoms with van der Waals surface area (Å²) < 4.78 is 0. The van der Waals surface area contributed by atoms with Gasteiger partial charge in [0.15, 0.2) is 5.65 Å². The van der Waals surface area contributed by atoms with E-state index in [1.54, 1.807) is 13.1 Å². The zero-order valence-electron chi connectivity index (χ0n) is 8.57. The van der Waals surface area contributed by atoms with Crippen molar-refractivity contribution in [2.24, 2.45) is 0 Å². The zero-order chi connectivity index (χ0) is 10.4. The van der Waals surface area contributed by atoms with Crippen LogP contribution < -0.4 is 0 Å². The molecule has 0 radical (unpaired) electrons. The van der Waals surface area contributed by atoms with E-state index in [1.807, 2.05) is 6.07 Å². The molecule has 15 heavy (non-hydrogen) atoms. The van der Waals surface area contributed by atoms with Crippen LogP contribution in [0.2, 0.25) is 0 Å². The topological polar surface area (TPSA) is 61.8 Å². The molecule has 2 N–H and O–H groups in total. The monoisotopic (exact) mass is 203 g/mol. The molecule has 4 heteroatoms. The molecule has 1 fully saturated rings. The van der Waals surface area contributed by atoms with Crippen LogP contribution in [-0.4, -0.2) is 20.1 Å². The van der Waals surface area contributed by atoms with E-state index in [9.17, 15) is 5.11 Å². The smallest absolute Gasteiger partial charge is 0.177 e. The Kier molecular flexibility index (Phi) is 1.79. The lowest BCUT2D eigenvalue weighted by Crippen LogP contribution is -1.91. The number of imidazole rings is 1. The fourth-order valence-corrected chi connectivity index (χ4v) is 1.71. The highest BCUT2D eigenvalue weighted by Crippen LogP contribution is 2.38. The molecule has 0 bridgehead atoms. The van der Waals surface area contributed by atoms with E-state index in [-0.39, 0.29) is 0 Å². The van der Waals surface area contributed by atoms with Crippen LogP contribution in [0.3, 0.4) is 0 Å². The minimum absolute atomic E-state index is 0.477. The molecule has 0 saturated heterocycles. The van der Waals surface area contributed by atoms with Gasteiger partial charge in [0.05, 0.1) is 11.6 Å². The SMILES string of the molecule is CC(O)c1cnc2nc(C3CC3)[nH]c2c1. The first-order chi connectivity index (χ1) is 7.24. The molecular formula is C11H13N3O. The van der Waals surface area contributed by atoms with E-state index in [0.717, 1.165) is 22.6 Å². The third kappa shape index (κ3) is 1.51. The van der Waals surface area contributed by atoms with E-state index in [0.29, 0.717) is 5.92 Å². The third-order valence-electron chi connectivity index (χ3n) is 2.82. The summed E-state index contributed by atoms with van der Waals surface area (Å²) in [6, 6.07) is 1.92. The van der Waals surface area contributed by atoms with Crippen molar-refractivity contribution < 1.29 is 5.11 Å². The van der Waals surface area contributed by atoms with Crippen LogP contribution in [0.5, 0.6) is 0 Å². The van der Waals surface area contributed by atoms with Crippen molar-refractivity contribution >= 4 is 11.2 Å². The number of H-pyrrole nitrogens is 1. The molecule has 0 spiro atoms. The highest BCUT2D eigenvalue weighted by atomic mass is 16.3. The summed E-state index contributed by atoms with van der Waals surface area (Å²) in [5, 5.41) is 9.44. The summed E-state index contributed by atoms with van der Waals surface area (Å²) in [4.78, 5) is 11.9. The van der Waals surface area contributed by atoms with Gasteiger partial charge in [-0.25, -0.2) is 9.97 Å². The third-order valence-corrected chi connectivity index (χ3v) is 2.82. The van der Waals surface area contributed by atoms with Gasteiger partial charge in [-0.3, -0.25) is 0 Å². The maximum Gasteiger partial charge on any atom is 0.177 e. The molecule has 2 aromatic rings. The number of nitrogens with zero attached hydrogens (tertiary/aromatic N) is 2. The van der Waals surface area contributed by atoms with Crippen molar-refractivity contribution in [3.63, 3.8) is 0 Å². The second-order valence-corrected chi connectivity index (χ2v) is 4.21. The molecule has 1 atom stereocenters. The Morgan fingerprint density at radius 2 is 2.33 bits per heavy atom. The summed E-state index contributed by atoms with van der Waals surface area (Å²) in [7, 11) is 0. The number of aliphatic hydroxyl groups excluding tert-OH is 1. The highest BCUT2D eigenvalue weighted by molar-refractivity contribution is 5.71. The lowest BCUT2D eigenvalue weighted by atomic mass is 10.2. The number of hydrogen-bond donors (Lipinski definition) is 2. The van der Waals surface area contributed by atoms with Crippen molar-refractivity contribution in [3.8, 4) is 0 Å². The van der Waals surface area contributed by atoms with Crippen LogP contribution >= 0.6 is 0 Å². The van der Waals surface area contributed by atoms with Gasteiger partial charge in [-0.05, 0) is 25.8 Å². The van der Waals surface area contributed by atoms with Gasteiger partial charge in [0.2, 0.25) is 0 Å². The zero-order valence-corrected chi connectivity index (χ0v) is 8.57. The summed E-state index contributed by atoms with van der Waals surface area (Å²) in [5.41, 5.74) is 2.50. The quantitative estimate of drug-likeness (QED) is 0.783. The number of nitrogens with one attached hydrogen (secondary N) is 1. The lowest BCUT2D eigenvalue weighted by molar-refractivity contribution is 0.199. The van der Waals surface area contributed by atoms with Crippen molar-refractivity contribution in [2.45, 2.75) is 31.8 Å². The van der Waals surface area contributed by atoms with Gasteiger partial charge >= 0.3 is 0 Å². The molecule has 2 aromatic heterocycles. The van der Waals surface area contributed by atoms with Crippen LogP contribution in [0.1, 0.15) is 43.2 Å². The number of hydrogen-bond acceptors (Lipinski definition) is 3. The summed E-state index contributed by atoms with van der Waals surface area (Å²) in [6.07, 6.45) is 3.66. The molecule has 78 valence electrons. The predicted molar refractivity (Wildman–Crippen MR) is 56.5 cm³/mol. The fraction of sp³-hybridized carbons (Fsp3) is 0.455. The normalized spacial score (nSPS) is 18.3. The van der Waals surface area contributed by atoms with Gasteiger partial charge in [0, 0.05) is 17.7 Å². The average Bonchev–Trinajstić information content (AvgIpc) is 2.97. The van der Waals surface area contributed by atoms with Gasteiger partial charge in [-0.2, -0.15) is 0 Å². The van der Waals surface area contributed by atoms with Gasteiger partial charge in [-0.15, -0.1) is 0 Å². The lowest BCUT2D eigenvalue weighted by Gasteiger charge is -2.01. The number of aromatic nitrogens is 3. The summed E-state index contributed by atoms with van der Waals surface area (Å²) in [6.45, 7) is 1.74. The van der Waals surface area contributed by atoms with Crippen LogP contribution in [0, 0.1) is 0 Å². The van der Waals surface area contributed by atoms with Gasteiger partial charge in [-0.1, -0.05) is 0 Å². The number of rotatable bonds is 2. The maximum absolute atomic E-state index is 9.44. The minimum Gasteiger partial charge on any atom is -0.389 e. The standard InChI is InChI=1S/C11H13N3O/c1-6(15)8-4-9-11(12-5-8)14-10(13-9)7-2-3-7/h4-7,15H,2-3H2,1H3,(H,12,13,14). The molecule has 0 aromatic carbocycles. The largest absolute Gasteiger partial charge is 0.389 e. The Hall–Kier alpha value is -1.42. The second-order valence-electron chi connectivity index (χ2n) is 4.21. The second kappa shape index (κ2) is 3.03. The van der Waals surface area contributed by atoms with E-state index < -0.39 is 6.10 Å². The van der Waals surface area contributed by atoms with Crippen LogP contribution in [0.15, 0.2) is 12.3 Å². The fourth-order valence-electron chi connectivity index (χ4n) is 1.71. The van der Waals surface area contributed by atoms with Gasteiger partial charge < -0.3 is 10.1 Å². The van der Waals surface area contributed by atoms with E-state index in [2.05, 4.69) is 15.0 Å². The van der Waals surface area contributed by atoms with E-state index >= 15 is 0 Å². The molecule has 2 heterocycles. The molecule has 0 amide bonds. The molecule has 1 aliphatic carbocycles. The number of pyridine rings is 1. The molecule has 1 unspecified atom stereocenters.